The molecule has 0 aromatic carbocycles. The minimum absolute atomic E-state index is 0.00658. The number of aromatic nitrogens is 3. The summed E-state index contributed by atoms with van der Waals surface area (Å²) < 4.78 is 3.14. The fraction of sp³-hybridized carbons (Fsp3) is 0.471. The highest BCUT2D eigenvalue weighted by molar-refractivity contribution is 5.76. The van der Waals surface area contributed by atoms with E-state index in [2.05, 4.69) is 5.10 Å². The maximum Gasteiger partial charge on any atom is 0.251 e. The lowest BCUT2D eigenvalue weighted by Crippen LogP contribution is -2.35. The lowest BCUT2D eigenvalue weighted by molar-refractivity contribution is -0.131. The van der Waals surface area contributed by atoms with E-state index in [4.69, 9.17) is 0 Å². The Morgan fingerprint density at radius 1 is 1.42 bits per heavy atom. The molecule has 1 fully saturated rings. The second-order valence-electron chi connectivity index (χ2n) is 6.47. The van der Waals surface area contributed by atoms with Gasteiger partial charge in [0.05, 0.1) is 6.20 Å². The average molecular weight is 330 g/mol. The van der Waals surface area contributed by atoms with Gasteiger partial charge in [0.15, 0.2) is 0 Å². The molecule has 128 valence electrons. The predicted molar refractivity (Wildman–Crippen MR) is 88.5 cm³/mol. The Balaban J connectivity index is 1.73. The zero-order valence-electron chi connectivity index (χ0n) is 13.9. The highest BCUT2D eigenvalue weighted by Crippen LogP contribution is 2.32. The lowest BCUT2D eigenvalue weighted by atomic mass is 9.92. The van der Waals surface area contributed by atoms with E-state index in [0.29, 0.717) is 13.1 Å². The van der Waals surface area contributed by atoms with Crippen LogP contribution in [0, 0.1) is 12.8 Å². The van der Waals surface area contributed by atoms with Gasteiger partial charge in [-0.15, -0.1) is 0 Å². The summed E-state index contributed by atoms with van der Waals surface area (Å²) in [6.45, 7) is 2.93. The molecule has 2 aromatic rings. The van der Waals surface area contributed by atoms with Crippen LogP contribution in [-0.4, -0.2) is 50.0 Å². The smallest absolute Gasteiger partial charge is 0.251 e. The first kappa shape index (κ1) is 16.4. The molecule has 1 amide bonds. The molecule has 0 aliphatic carbocycles. The lowest BCUT2D eigenvalue weighted by Gasteiger charge is -2.17. The molecule has 0 unspecified atom stereocenters. The van der Waals surface area contributed by atoms with Crippen LogP contribution >= 0.6 is 0 Å². The largest absolute Gasteiger partial charge is 0.396 e. The second-order valence-corrected chi connectivity index (χ2v) is 6.47. The summed E-state index contributed by atoms with van der Waals surface area (Å²) in [4.78, 5) is 26.2. The molecule has 2 aromatic heterocycles. The van der Waals surface area contributed by atoms with Crippen LogP contribution in [0.2, 0.25) is 0 Å². The molecule has 3 rings (SSSR count). The van der Waals surface area contributed by atoms with Crippen LogP contribution in [0.4, 0.5) is 0 Å². The molecule has 24 heavy (non-hydrogen) atoms. The topological polar surface area (TPSA) is 80.4 Å². The van der Waals surface area contributed by atoms with Crippen LogP contribution in [0.25, 0.3) is 0 Å². The molecule has 0 radical (unpaired) electrons. The van der Waals surface area contributed by atoms with Gasteiger partial charge in [-0.3, -0.25) is 14.3 Å². The van der Waals surface area contributed by atoms with Gasteiger partial charge in [0, 0.05) is 57.0 Å². The maximum atomic E-state index is 12.6. The van der Waals surface area contributed by atoms with Crippen molar-refractivity contribution in [3.63, 3.8) is 0 Å². The number of likely N-dealkylation sites (tertiary alicyclic amines) is 1. The van der Waals surface area contributed by atoms with Gasteiger partial charge >= 0.3 is 0 Å². The first-order valence-electron chi connectivity index (χ1n) is 8.02. The van der Waals surface area contributed by atoms with Crippen molar-refractivity contribution < 1.29 is 9.90 Å². The molecular weight excluding hydrogens is 308 g/mol. The minimum atomic E-state index is -0.176. The van der Waals surface area contributed by atoms with Gasteiger partial charge in [-0.05, 0) is 24.1 Å². The van der Waals surface area contributed by atoms with Crippen LogP contribution in [0.5, 0.6) is 0 Å². The van der Waals surface area contributed by atoms with Crippen LogP contribution in [0.3, 0.4) is 0 Å². The number of carbonyl (C=O) groups is 1. The Labute approximate surface area is 140 Å². The Kier molecular flexibility index (Phi) is 4.53. The predicted octanol–water partition coefficient (Wildman–Crippen LogP) is 0.125. The third-order valence-corrected chi connectivity index (χ3v) is 4.64. The number of amides is 1. The third kappa shape index (κ3) is 3.26. The zero-order valence-corrected chi connectivity index (χ0v) is 13.9. The first-order chi connectivity index (χ1) is 11.5. The normalized spacial score (nSPS) is 20.5. The van der Waals surface area contributed by atoms with E-state index in [0.717, 1.165) is 11.1 Å². The number of rotatable bonds is 4. The number of pyridine rings is 1. The van der Waals surface area contributed by atoms with Crippen molar-refractivity contribution in [2.24, 2.45) is 13.0 Å². The number of aliphatic hydroxyl groups excluding tert-OH is 1. The number of aliphatic hydroxyl groups is 1. The second kappa shape index (κ2) is 6.60. The first-order valence-corrected chi connectivity index (χ1v) is 8.02. The van der Waals surface area contributed by atoms with E-state index < -0.39 is 0 Å². The SMILES string of the molecule is Cc1ccn(CC(=O)N2C[C@@H](CO)[C@H](c3cnn(C)c3)C2)c(=O)c1. The third-order valence-electron chi connectivity index (χ3n) is 4.64. The van der Waals surface area contributed by atoms with Gasteiger partial charge in [-0.2, -0.15) is 5.10 Å². The summed E-state index contributed by atoms with van der Waals surface area (Å²) in [6.07, 6.45) is 5.35. The number of aryl methyl sites for hydroxylation is 2. The van der Waals surface area contributed by atoms with Gasteiger partial charge in [0.2, 0.25) is 5.91 Å². The summed E-state index contributed by atoms with van der Waals surface area (Å²) in [7, 11) is 1.85. The van der Waals surface area contributed by atoms with E-state index in [9.17, 15) is 14.7 Å². The Morgan fingerprint density at radius 2 is 2.21 bits per heavy atom. The molecule has 1 aliphatic heterocycles. The highest BCUT2D eigenvalue weighted by atomic mass is 16.3. The summed E-state index contributed by atoms with van der Waals surface area (Å²) in [5.41, 5.74) is 1.73. The monoisotopic (exact) mass is 330 g/mol. The van der Waals surface area contributed by atoms with Crippen molar-refractivity contribution in [1.82, 2.24) is 19.2 Å². The Morgan fingerprint density at radius 3 is 2.83 bits per heavy atom. The van der Waals surface area contributed by atoms with E-state index in [1.807, 2.05) is 26.2 Å². The van der Waals surface area contributed by atoms with Crippen LogP contribution < -0.4 is 5.56 Å². The molecule has 2 atom stereocenters. The van der Waals surface area contributed by atoms with Crippen molar-refractivity contribution >= 4 is 5.91 Å². The minimum Gasteiger partial charge on any atom is -0.396 e. The molecule has 0 spiro atoms. The summed E-state index contributed by atoms with van der Waals surface area (Å²) in [6, 6.07) is 3.33. The molecule has 0 bridgehead atoms. The van der Waals surface area contributed by atoms with Crippen LogP contribution in [0.15, 0.2) is 35.5 Å². The van der Waals surface area contributed by atoms with Gasteiger partial charge in [0.1, 0.15) is 6.54 Å². The Hall–Kier alpha value is -2.41. The van der Waals surface area contributed by atoms with E-state index >= 15 is 0 Å². The fourth-order valence-corrected chi connectivity index (χ4v) is 3.25. The summed E-state index contributed by atoms with van der Waals surface area (Å²) in [5, 5.41) is 13.8. The fourth-order valence-electron chi connectivity index (χ4n) is 3.25. The van der Waals surface area contributed by atoms with Crippen molar-refractivity contribution in [3.8, 4) is 0 Å². The standard InChI is InChI=1S/C17H22N4O3/c1-12-3-4-20(16(23)5-12)10-17(24)21-8-14(11-22)15(9-21)13-6-18-19(2)7-13/h3-7,14-15,22H,8-11H2,1-2H3/t14-,15-/m0/s1. The van der Waals surface area contributed by atoms with Gasteiger partial charge in [-0.1, -0.05) is 0 Å². The van der Waals surface area contributed by atoms with Crippen LogP contribution in [0.1, 0.15) is 17.0 Å². The molecular formula is C17H22N4O3. The van der Waals surface area contributed by atoms with Crippen LogP contribution in [-0.2, 0) is 18.4 Å². The van der Waals surface area contributed by atoms with E-state index in [1.54, 1.807) is 22.0 Å². The number of nitrogens with zero attached hydrogens (tertiary/aromatic N) is 4. The average Bonchev–Trinajstić information content (AvgIpc) is 3.15. The van der Waals surface area contributed by atoms with Gasteiger partial charge < -0.3 is 14.6 Å². The van der Waals surface area contributed by atoms with Crippen molar-refractivity contribution in [1.29, 1.82) is 0 Å². The quantitative estimate of drug-likeness (QED) is 0.864. The van der Waals surface area contributed by atoms with Crippen molar-refractivity contribution in [2.75, 3.05) is 19.7 Å². The number of carbonyl (C=O) groups excluding carboxylic acids is 1. The molecule has 3 heterocycles. The number of hydrogen-bond acceptors (Lipinski definition) is 4. The number of hydrogen-bond donors (Lipinski definition) is 1. The summed E-state index contributed by atoms with van der Waals surface area (Å²) >= 11 is 0. The van der Waals surface area contributed by atoms with Gasteiger partial charge in [-0.25, -0.2) is 0 Å². The maximum absolute atomic E-state index is 12.6. The molecule has 7 heteroatoms. The van der Waals surface area contributed by atoms with E-state index in [1.165, 1.54) is 10.6 Å². The van der Waals surface area contributed by atoms with Gasteiger partial charge in [0.25, 0.3) is 5.56 Å². The Bertz CT molecular complexity index is 795. The zero-order chi connectivity index (χ0) is 17.3. The summed E-state index contributed by atoms with van der Waals surface area (Å²) in [5.74, 6) is -0.0407. The molecule has 1 aliphatic rings. The van der Waals surface area contributed by atoms with Crippen molar-refractivity contribution in [2.45, 2.75) is 19.4 Å². The van der Waals surface area contributed by atoms with Crippen molar-refractivity contribution in [3.05, 3.63) is 52.2 Å². The van der Waals surface area contributed by atoms with E-state index in [-0.39, 0.29) is 36.5 Å². The molecule has 7 nitrogen and oxygen atoms in total. The molecule has 0 saturated carbocycles. The molecule has 1 N–H and O–H groups in total. The molecule has 1 saturated heterocycles. The highest BCUT2D eigenvalue weighted by Gasteiger charge is 2.36.